The van der Waals surface area contributed by atoms with E-state index in [9.17, 15) is 23.1 Å². The van der Waals surface area contributed by atoms with E-state index in [0.29, 0.717) is 31.6 Å². The van der Waals surface area contributed by atoms with E-state index in [4.69, 9.17) is 0 Å². The second-order valence-electron chi connectivity index (χ2n) is 5.78. The van der Waals surface area contributed by atoms with Crippen LogP contribution in [0.15, 0.2) is 23.8 Å². The summed E-state index contributed by atoms with van der Waals surface area (Å²) in [5, 5.41) is 12.9. The van der Waals surface area contributed by atoms with Crippen molar-refractivity contribution in [3.05, 3.63) is 23.8 Å². The molecule has 0 aromatic rings. The summed E-state index contributed by atoms with van der Waals surface area (Å²) < 4.78 is 37.6. The minimum absolute atomic E-state index is 0.118. The van der Waals surface area contributed by atoms with Gasteiger partial charge in [0.2, 0.25) is 5.91 Å². The molecule has 124 valence electrons. The van der Waals surface area contributed by atoms with Crippen molar-refractivity contribution >= 4 is 5.91 Å². The Balaban J connectivity index is 1.71. The van der Waals surface area contributed by atoms with Gasteiger partial charge in [-0.2, -0.15) is 13.2 Å². The monoisotopic (exact) mass is 318 g/mol. The maximum Gasteiger partial charge on any atom is 0.395 e. The van der Waals surface area contributed by atoms with Crippen LogP contribution < -0.4 is 5.32 Å². The molecule has 0 aromatic heterocycles. The number of alkyl halides is 3. The molecule has 0 bridgehead atoms. The lowest BCUT2D eigenvalue weighted by Crippen LogP contribution is -2.54. The fraction of sp³-hybridized carbons (Fsp3) is 0.667. The molecule has 4 nitrogen and oxygen atoms in total. The number of rotatable bonds is 5. The first kappa shape index (κ1) is 17.0. The average molecular weight is 318 g/mol. The van der Waals surface area contributed by atoms with Crippen LogP contribution in [0, 0.1) is 11.8 Å². The van der Waals surface area contributed by atoms with Crippen molar-refractivity contribution in [2.75, 3.05) is 19.6 Å². The van der Waals surface area contributed by atoms with E-state index in [2.05, 4.69) is 5.32 Å². The van der Waals surface area contributed by atoms with Crippen molar-refractivity contribution in [2.24, 2.45) is 11.8 Å². The molecule has 1 heterocycles. The van der Waals surface area contributed by atoms with Crippen molar-refractivity contribution in [2.45, 2.75) is 32.2 Å². The summed E-state index contributed by atoms with van der Waals surface area (Å²) in [6, 6.07) is 0. The molecule has 1 saturated heterocycles. The van der Waals surface area contributed by atoms with Crippen molar-refractivity contribution < 1.29 is 23.1 Å². The van der Waals surface area contributed by atoms with Crippen LogP contribution in [0.5, 0.6) is 0 Å². The van der Waals surface area contributed by atoms with Crippen LogP contribution in [0.2, 0.25) is 0 Å². The van der Waals surface area contributed by atoms with E-state index < -0.39 is 18.3 Å². The lowest BCUT2D eigenvalue weighted by atomic mass is 9.95. The van der Waals surface area contributed by atoms with Crippen LogP contribution in [-0.4, -0.2) is 48.0 Å². The van der Waals surface area contributed by atoms with Gasteiger partial charge in [0, 0.05) is 32.0 Å². The first-order chi connectivity index (χ1) is 10.3. The van der Waals surface area contributed by atoms with Gasteiger partial charge in [-0.1, -0.05) is 25.2 Å². The van der Waals surface area contributed by atoms with Gasteiger partial charge in [0.25, 0.3) is 0 Å². The molecule has 2 aliphatic rings. The molecular formula is C15H21F3N2O2. The molecule has 2 unspecified atom stereocenters. The van der Waals surface area contributed by atoms with Crippen molar-refractivity contribution in [3.63, 3.8) is 0 Å². The van der Waals surface area contributed by atoms with Crippen LogP contribution in [0.1, 0.15) is 19.8 Å². The predicted octanol–water partition coefficient (Wildman–Crippen LogP) is 1.83. The molecule has 0 saturated carbocycles. The number of carbonyl (C=O) groups excluding carboxylic acids is 1. The van der Waals surface area contributed by atoms with Gasteiger partial charge in [0.15, 0.2) is 0 Å². The van der Waals surface area contributed by atoms with E-state index in [0.717, 1.165) is 6.08 Å². The first-order valence-electron chi connectivity index (χ1n) is 7.45. The number of allylic oxidation sites excluding steroid dienone is 2. The highest BCUT2D eigenvalue weighted by Gasteiger charge is 2.38. The highest BCUT2D eigenvalue weighted by molar-refractivity contribution is 5.76. The van der Waals surface area contributed by atoms with Gasteiger partial charge >= 0.3 is 6.18 Å². The van der Waals surface area contributed by atoms with E-state index >= 15 is 0 Å². The minimum atomic E-state index is -4.24. The number of aliphatic hydroxyl groups excluding tert-OH is 1. The van der Waals surface area contributed by atoms with Gasteiger partial charge in [-0.05, 0) is 12.0 Å². The Morgan fingerprint density at radius 3 is 2.68 bits per heavy atom. The molecule has 1 amide bonds. The Morgan fingerprint density at radius 1 is 1.50 bits per heavy atom. The molecule has 1 fully saturated rings. The second-order valence-corrected chi connectivity index (χ2v) is 5.78. The number of hydrogen-bond acceptors (Lipinski definition) is 3. The zero-order valence-corrected chi connectivity index (χ0v) is 12.4. The lowest BCUT2D eigenvalue weighted by molar-refractivity contribution is -0.160. The van der Waals surface area contributed by atoms with E-state index in [-0.39, 0.29) is 18.2 Å². The summed E-state index contributed by atoms with van der Waals surface area (Å²) in [5.74, 6) is -1.07. The molecule has 0 radical (unpaired) electrons. The molecule has 1 aliphatic heterocycles. The normalized spacial score (nSPS) is 24.0. The molecule has 2 atom stereocenters. The van der Waals surface area contributed by atoms with Gasteiger partial charge in [-0.3, -0.25) is 10.1 Å². The maximum absolute atomic E-state index is 12.5. The van der Waals surface area contributed by atoms with E-state index in [1.807, 2.05) is 6.92 Å². The molecule has 7 heteroatoms. The number of aliphatic hydroxyl groups is 1. The van der Waals surface area contributed by atoms with E-state index in [1.165, 1.54) is 12.2 Å². The number of carbonyl (C=O) groups is 1. The van der Waals surface area contributed by atoms with Gasteiger partial charge < -0.3 is 10.0 Å². The largest absolute Gasteiger partial charge is 0.395 e. The number of nitrogens with one attached hydrogen (secondary N) is 1. The minimum Gasteiger partial charge on any atom is -0.374 e. The van der Waals surface area contributed by atoms with Gasteiger partial charge in [0.05, 0.1) is 5.92 Å². The third-order valence-electron chi connectivity index (χ3n) is 4.08. The Kier molecular flexibility index (Phi) is 5.28. The molecule has 0 spiro atoms. The predicted molar refractivity (Wildman–Crippen MR) is 75.8 cm³/mol. The molecule has 0 aromatic carbocycles. The third-order valence-corrected chi connectivity index (χ3v) is 4.08. The second kappa shape index (κ2) is 6.83. The summed E-state index contributed by atoms with van der Waals surface area (Å²) in [6.07, 6.45) is -1.03. The fourth-order valence-electron chi connectivity index (χ4n) is 2.60. The third kappa shape index (κ3) is 4.10. The summed E-state index contributed by atoms with van der Waals surface area (Å²) in [5.41, 5.74) is 0.460. The standard InChI is InChI=1S/C15H21F3N2O2/c1-2-13(21)20-8-10(9-20)7-19-14(22)11-3-5-12(6-4-11)15(16,17)18/h3-5,10,12,14,19,22H,2,6-9H2,1H3. The number of hydrogen-bond donors (Lipinski definition) is 2. The van der Waals surface area contributed by atoms with Crippen LogP contribution in [0.3, 0.4) is 0 Å². The van der Waals surface area contributed by atoms with Crippen LogP contribution in [0.25, 0.3) is 0 Å². The summed E-state index contributed by atoms with van der Waals surface area (Å²) in [7, 11) is 0. The maximum atomic E-state index is 12.5. The number of likely N-dealkylation sites (tertiary alicyclic amines) is 1. The Hall–Kier alpha value is -1.34. The molecular weight excluding hydrogens is 297 g/mol. The quantitative estimate of drug-likeness (QED) is 0.761. The molecule has 2 rings (SSSR count). The van der Waals surface area contributed by atoms with E-state index in [1.54, 1.807) is 4.90 Å². The Bertz CT molecular complexity index is 468. The molecule has 2 N–H and O–H groups in total. The topological polar surface area (TPSA) is 52.6 Å². The highest BCUT2D eigenvalue weighted by atomic mass is 19.4. The van der Waals surface area contributed by atoms with Gasteiger partial charge in [-0.15, -0.1) is 0 Å². The average Bonchev–Trinajstić information content (AvgIpc) is 2.44. The van der Waals surface area contributed by atoms with Crippen molar-refractivity contribution in [1.82, 2.24) is 10.2 Å². The van der Waals surface area contributed by atoms with Gasteiger partial charge in [0.1, 0.15) is 6.23 Å². The Morgan fingerprint density at radius 2 is 2.18 bits per heavy atom. The summed E-state index contributed by atoms with van der Waals surface area (Å²) >= 11 is 0. The highest BCUT2D eigenvalue weighted by Crippen LogP contribution is 2.33. The lowest BCUT2D eigenvalue weighted by Gasteiger charge is -2.39. The van der Waals surface area contributed by atoms with Gasteiger partial charge in [-0.25, -0.2) is 0 Å². The number of amides is 1. The Labute approximate surface area is 127 Å². The smallest absolute Gasteiger partial charge is 0.374 e. The molecule has 1 aliphatic carbocycles. The zero-order chi connectivity index (χ0) is 16.3. The first-order valence-corrected chi connectivity index (χ1v) is 7.45. The molecule has 22 heavy (non-hydrogen) atoms. The van der Waals surface area contributed by atoms with Crippen LogP contribution >= 0.6 is 0 Å². The number of halogens is 3. The van der Waals surface area contributed by atoms with Crippen LogP contribution in [0.4, 0.5) is 13.2 Å². The zero-order valence-electron chi connectivity index (χ0n) is 12.4. The summed E-state index contributed by atoms with van der Waals surface area (Å²) in [4.78, 5) is 13.1. The SMILES string of the molecule is CCC(=O)N1CC(CNC(O)C2=CCC(C(F)(F)F)C=C2)C1. The van der Waals surface area contributed by atoms with Crippen LogP contribution in [-0.2, 0) is 4.79 Å². The summed E-state index contributed by atoms with van der Waals surface area (Å²) in [6.45, 7) is 3.67. The van der Waals surface area contributed by atoms with Crippen molar-refractivity contribution in [3.8, 4) is 0 Å². The van der Waals surface area contributed by atoms with Crippen molar-refractivity contribution in [1.29, 1.82) is 0 Å². The fourth-order valence-corrected chi connectivity index (χ4v) is 2.60. The number of nitrogens with zero attached hydrogens (tertiary/aromatic N) is 1.